The molecule has 0 bridgehead atoms. The summed E-state index contributed by atoms with van der Waals surface area (Å²) in [6.07, 6.45) is 1.10. The third kappa shape index (κ3) is 58.9. The number of carboxylic acid groups (broad SMARTS) is 1. The van der Waals surface area contributed by atoms with Gasteiger partial charge in [0.05, 0.1) is 6.26 Å². The van der Waals surface area contributed by atoms with E-state index in [4.69, 9.17) is 5.11 Å². The Hall–Kier alpha value is -2.10. The highest BCUT2D eigenvalue weighted by atomic mass is 16.5. The molecular weight excluding hydrogens is 208 g/mol. The molecule has 0 atom stereocenters. The summed E-state index contributed by atoms with van der Waals surface area (Å²) < 4.78 is 4.17. The van der Waals surface area contributed by atoms with Crippen LogP contribution in [0.1, 0.15) is 13.8 Å². The van der Waals surface area contributed by atoms with Crippen LogP contribution in [0.4, 0.5) is 0 Å². The highest BCUT2D eigenvalue weighted by Gasteiger charge is 1.90. The van der Waals surface area contributed by atoms with E-state index in [2.05, 4.69) is 44.2 Å². The lowest BCUT2D eigenvalue weighted by Crippen LogP contribution is -1.92. The zero-order valence-corrected chi connectivity index (χ0v) is 9.99. The summed E-state index contributed by atoms with van der Waals surface area (Å²) in [4.78, 5) is 19.3. The SMILES string of the molecule is C=C.C=C.C=C(C)C(=O)O.C=COC(C)=O. The van der Waals surface area contributed by atoms with Crippen LogP contribution in [0, 0.1) is 0 Å². The van der Waals surface area contributed by atoms with Gasteiger partial charge in [0.2, 0.25) is 0 Å². The molecule has 0 aromatic heterocycles. The molecule has 0 radical (unpaired) electrons. The predicted molar refractivity (Wildman–Crippen MR) is 66.9 cm³/mol. The van der Waals surface area contributed by atoms with Crippen molar-refractivity contribution in [1.29, 1.82) is 0 Å². The first-order valence-corrected chi connectivity index (χ1v) is 4.08. The van der Waals surface area contributed by atoms with Crippen LogP contribution in [0.5, 0.6) is 0 Å². The Morgan fingerprint density at radius 3 is 1.38 bits per heavy atom. The van der Waals surface area contributed by atoms with Crippen LogP contribution in [-0.4, -0.2) is 17.0 Å². The summed E-state index contributed by atoms with van der Waals surface area (Å²) in [7, 11) is 0. The van der Waals surface area contributed by atoms with Gasteiger partial charge in [0.1, 0.15) is 0 Å². The van der Waals surface area contributed by atoms with Crippen LogP contribution in [-0.2, 0) is 14.3 Å². The number of esters is 1. The average Bonchev–Trinajstić information content (AvgIpc) is 2.24. The van der Waals surface area contributed by atoms with E-state index in [0.29, 0.717) is 0 Å². The zero-order valence-electron chi connectivity index (χ0n) is 9.99. The van der Waals surface area contributed by atoms with Gasteiger partial charge in [-0.1, -0.05) is 13.2 Å². The maximum Gasteiger partial charge on any atom is 0.330 e. The van der Waals surface area contributed by atoms with Crippen LogP contribution in [0.3, 0.4) is 0 Å². The van der Waals surface area contributed by atoms with Crippen molar-refractivity contribution in [2.24, 2.45) is 0 Å². The van der Waals surface area contributed by atoms with Crippen molar-refractivity contribution in [2.45, 2.75) is 13.8 Å². The summed E-state index contributed by atoms with van der Waals surface area (Å²) >= 11 is 0. The van der Waals surface area contributed by atoms with Crippen molar-refractivity contribution in [3.63, 3.8) is 0 Å². The fourth-order valence-electron chi connectivity index (χ4n) is 0.117. The Morgan fingerprint density at radius 1 is 1.12 bits per heavy atom. The van der Waals surface area contributed by atoms with E-state index >= 15 is 0 Å². The molecule has 4 nitrogen and oxygen atoms in total. The summed E-state index contributed by atoms with van der Waals surface area (Å²) in [6.45, 7) is 21.1. The molecule has 0 spiro atoms. The second-order valence-electron chi connectivity index (χ2n) is 1.86. The van der Waals surface area contributed by atoms with E-state index in [-0.39, 0.29) is 11.5 Å². The number of aliphatic carboxylic acids is 1. The first kappa shape index (κ1) is 23.6. The molecular formula is C12H20O4. The third-order valence-electron chi connectivity index (χ3n) is 0.614. The quantitative estimate of drug-likeness (QED) is 0.341. The molecule has 16 heavy (non-hydrogen) atoms. The summed E-state index contributed by atoms with van der Waals surface area (Å²) in [5.41, 5.74) is 0.176. The monoisotopic (exact) mass is 228 g/mol. The molecule has 0 aliphatic rings. The van der Waals surface area contributed by atoms with Crippen molar-refractivity contribution in [3.05, 3.63) is 51.3 Å². The number of rotatable bonds is 2. The average molecular weight is 228 g/mol. The van der Waals surface area contributed by atoms with Gasteiger partial charge in [-0.05, 0) is 6.92 Å². The molecule has 0 aromatic rings. The normalized spacial score (nSPS) is 5.88. The topological polar surface area (TPSA) is 63.6 Å². The number of hydrogen-bond acceptors (Lipinski definition) is 3. The number of carboxylic acids is 1. The number of hydrogen-bond donors (Lipinski definition) is 1. The first-order valence-electron chi connectivity index (χ1n) is 4.08. The molecule has 0 amide bonds. The Bertz CT molecular complexity index is 205. The maximum absolute atomic E-state index is 9.75. The molecule has 0 unspecified atom stereocenters. The van der Waals surface area contributed by atoms with Crippen LogP contribution in [0.15, 0.2) is 51.3 Å². The Labute approximate surface area is 97.2 Å². The van der Waals surface area contributed by atoms with Gasteiger partial charge < -0.3 is 9.84 Å². The molecule has 0 saturated heterocycles. The predicted octanol–water partition coefficient (Wildman–Crippen LogP) is 2.94. The molecule has 0 heterocycles. The van der Waals surface area contributed by atoms with Crippen molar-refractivity contribution in [2.75, 3.05) is 0 Å². The molecule has 1 N–H and O–H groups in total. The third-order valence-corrected chi connectivity index (χ3v) is 0.614. The zero-order chi connectivity index (χ0) is 14.1. The van der Waals surface area contributed by atoms with Gasteiger partial charge in [-0.2, -0.15) is 0 Å². The van der Waals surface area contributed by atoms with Gasteiger partial charge in [0, 0.05) is 12.5 Å². The van der Waals surface area contributed by atoms with Crippen LogP contribution in [0.2, 0.25) is 0 Å². The fraction of sp³-hybridized carbons (Fsp3) is 0.167. The smallest absolute Gasteiger partial charge is 0.330 e. The minimum atomic E-state index is -0.935. The molecule has 0 aliphatic heterocycles. The van der Waals surface area contributed by atoms with Crippen LogP contribution in [0.25, 0.3) is 0 Å². The van der Waals surface area contributed by atoms with Crippen molar-refractivity contribution in [3.8, 4) is 0 Å². The minimum Gasteiger partial charge on any atom is -0.478 e. The largest absolute Gasteiger partial charge is 0.478 e. The van der Waals surface area contributed by atoms with Crippen molar-refractivity contribution < 1.29 is 19.4 Å². The number of carbonyl (C=O) groups is 2. The van der Waals surface area contributed by atoms with Crippen LogP contribution < -0.4 is 0 Å². The highest BCUT2D eigenvalue weighted by molar-refractivity contribution is 5.84. The fourth-order valence-corrected chi connectivity index (χ4v) is 0.117. The van der Waals surface area contributed by atoms with E-state index in [1.165, 1.54) is 13.8 Å². The standard InChI is InChI=1S/2C4H6O2.2C2H4/c1-3-6-4(2)5;1-3(2)4(5)6;2*1-2/h3H,1H2,2H3;1H2,2H3,(H,5,6);2*1-2H2. The molecule has 0 rings (SSSR count). The Kier molecular flexibility index (Phi) is 34.0. The van der Waals surface area contributed by atoms with E-state index in [1.54, 1.807) is 0 Å². The maximum atomic E-state index is 9.75. The lowest BCUT2D eigenvalue weighted by atomic mass is 10.4. The molecule has 92 valence electrons. The van der Waals surface area contributed by atoms with Crippen molar-refractivity contribution >= 4 is 11.9 Å². The van der Waals surface area contributed by atoms with Gasteiger partial charge in [-0.15, -0.1) is 26.3 Å². The van der Waals surface area contributed by atoms with E-state index in [9.17, 15) is 9.59 Å². The summed E-state index contributed by atoms with van der Waals surface area (Å²) in [6, 6.07) is 0. The van der Waals surface area contributed by atoms with Gasteiger partial charge in [-0.3, -0.25) is 4.79 Å². The van der Waals surface area contributed by atoms with E-state index in [0.717, 1.165) is 6.26 Å². The van der Waals surface area contributed by atoms with E-state index < -0.39 is 5.97 Å². The molecule has 0 aromatic carbocycles. The van der Waals surface area contributed by atoms with Gasteiger partial charge in [-0.25, -0.2) is 4.79 Å². The van der Waals surface area contributed by atoms with Gasteiger partial charge >= 0.3 is 11.9 Å². The minimum absolute atomic E-state index is 0.176. The second-order valence-corrected chi connectivity index (χ2v) is 1.86. The van der Waals surface area contributed by atoms with Gasteiger partial charge in [0.25, 0.3) is 0 Å². The van der Waals surface area contributed by atoms with Gasteiger partial charge in [0.15, 0.2) is 0 Å². The lowest BCUT2D eigenvalue weighted by Gasteiger charge is -1.83. The summed E-state index contributed by atoms with van der Waals surface area (Å²) in [5.74, 6) is -1.26. The highest BCUT2D eigenvalue weighted by Crippen LogP contribution is 1.81. The first-order chi connectivity index (χ1) is 7.41. The molecule has 0 saturated carbocycles. The Balaban J connectivity index is -0.0000000686. The second kappa shape index (κ2) is 23.1. The molecule has 0 fully saturated rings. The Morgan fingerprint density at radius 2 is 1.38 bits per heavy atom. The molecule has 0 aliphatic carbocycles. The lowest BCUT2D eigenvalue weighted by molar-refractivity contribution is -0.135. The summed E-state index contributed by atoms with van der Waals surface area (Å²) in [5, 5.41) is 7.89. The van der Waals surface area contributed by atoms with E-state index in [1.807, 2.05) is 0 Å². The van der Waals surface area contributed by atoms with Crippen molar-refractivity contribution in [1.82, 2.24) is 0 Å². The number of carbonyl (C=O) groups excluding carboxylic acids is 1. The number of ether oxygens (including phenoxy) is 1. The van der Waals surface area contributed by atoms with Crippen LogP contribution >= 0.6 is 0 Å². The molecule has 4 heteroatoms.